The first-order valence-electron chi connectivity index (χ1n) is 21.3. The van der Waals surface area contributed by atoms with Crippen LogP contribution in [0.15, 0.2) is 127 Å². The van der Waals surface area contributed by atoms with Crippen LogP contribution >= 0.6 is 0 Å². The Morgan fingerprint density at radius 1 is 0.476 bits per heavy atom. The second kappa shape index (κ2) is 16.6. The lowest BCUT2D eigenvalue weighted by Crippen LogP contribution is -3.00. The van der Waals surface area contributed by atoms with Crippen LogP contribution in [0.1, 0.15) is 22.3 Å². The minimum absolute atomic E-state index is 0. The number of morpholine rings is 2. The number of aliphatic imine (C=N–C) groups is 4. The van der Waals surface area contributed by atoms with Crippen molar-refractivity contribution in [1.29, 1.82) is 0 Å². The molecule has 0 N–H and O–H groups in total. The highest BCUT2D eigenvalue weighted by Crippen LogP contribution is 2.43. The van der Waals surface area contributed by atoms with Crippen molar-refractivity contribution in [2.24, 2.45) is 30.0 Å². The van der Waals surface area contributed by atoms with Crippen LogP contribution in [0, 0.1) is 0 Å². The van der Waals surface area contributed by atoms with E-state index in [1.165, 1.54) is 0 Å². The SMILES string of the molecule is C[N+]1(CCO[Si]2(OCC[N+]3(C)CCOCC3)n3c4c5ccccc5c3N=C3N=C(N=c5c6ccccc6c(n52)=NC2=NC(=N4)c4ccccc42)c2ccccc23)CCOCC1.[I-].[I-]. The van der Waals surface area contributed by atoms with Gasteiger partial charge in [0.25, 0.3) is 0 Å². The molecule has 2 fully saturated rings. The molecule has 6 aromatic rings. The molecule has 322 valence electrons. The Kier molecular flexibility index (Phi) is 11.2. The van der Waals surface area contributed by atoms with Crippen LogP contribution in [-0.2, 0) is 18.3 Å². The molecule has 2 saturated heterocycles. The van der Waals surface area contributed by atoms with E-state index in [0.29, 0.717) is 85.6 Å². The first-order chi connectivity index (χ1) is 29.9. The molecule has 6 bridgehead atoms. The molecular formula is C46H46I2N10O4Si. The summed E-state index contributed by atoms with van der Waals surface area (Å²) in [6, 6.07) is 33.1. The van der Waals surface area contributed by atoms with E-state index >= 15 is 0 Å². The van der Waals surface area contributed by atoms with Gasteiger partial charge in [0.2, 0.25) is 0 Å². The number of fused-ring (bicyclic) bond motifs is 14. The average molecular weight is 1080 g/mol. The van der Waals surface area contributed by atoms with Crippen LogP contribution in [0.3, 0.4) is 0 Å². The minimum atomic E-state index is -4.21. The highest BCUT2D eigenvalue weighted by Gasteiger charge is 2.54. The van der Waals surface area contributed by atoms with E-state index in [1.54, 1.807) is 0 Å². The van der Waals surface area contributed by atoms with Crippen LogP contribution in [0.4, 0.5) is 11.6 Å². The monoisotopic (exact) mass is 1080 g/mol. The van der Waals surface area contributed by atoms with Crippen LogP contribution < -0.4 is 58.9 Å². The fourth-order valence-corrected chi connectivity index (χ4v) is 12.8. The van der Waals surface area contributed by atoms with E-state index < -0.39 is 8.88 Å². The van der Waals surface area contributed by atoms with Gasteiger partial charge in [0.05, 0.1) is 53.7 Å². The molecule has 12 rings (SSSR count). The summed E-state index contributed by atoms with van der Waals surface area (Å²) in [6.45, 7) is 8.69. The molecule has 0 saturated carbocycles. The van der Waals surface area contributed by atoms with E-state index in [4.69, 9.17) is 48.3 Å². The van der Waals surface area contributed by atoms with Crippen molar-refractivity contribution in [2.45, 2.75) is 0 Å². The molecule has 17 heteroatoms. The third-order valence-electron chi connectivity index (χ3n) is 13.3. The summed E-state index contributed by atoms with van der Waals surface area (Å²) in [6.07, 6.45) is 0. The first kappa shape index (κ1) is 42.6. The molecule has 6 aliphatic heterocycles. The Morgan fingerprint density at radius 2 is 0.825 bits per heavy atom. The third kappa shape index (κ3) is 7.01. The zero-order valence-corrected chi connectivity index (χ0v) is 40.4. The van der Waals surface area contributed by atoms with Gasteiger partial charge in [-0.25, -0.2) is 30.0 Å². The van der Waals surface area contributed by atoms with Gasteiger partial charge in [-0.05, 0) is 0 Å². The molecule has 4 aromatic carbocycles. The Hall–Kier alpha value is -4.32. The Labute approximate surface area is 399 Å². The van der Waals surface area contributed by atoms with Crippen molar-refractivity contribution >= 4 is 65.4 Å². The van der Waals surface area contributed by atoms with Gasteiger partial charge in [-0.2, -0.15) is 0 Å². The maximum atomic E-state index is 7.81. The van der Waals surface area contributed by atoms with Gasteiger partial charge >= 0.3 is 8.88 Å². The van der Waals surface area contributed by atoms with Crippen molar-refractivity contribution in [3.63, 3.8) is 0 Å². The number of likely N-dealkylation sites (N-methyl/N-ethyl adjacent to an activating group) is 2. The Morgan fingerprint density at radius 3 is 1.22 bits per heavy atom. The summed E-state index contributed by atoms with van der Waals surface area (Å²) >= 11 is 0. The number of halogens is 2. The molecule has 0 amide bonds. The van der Waals surface area contributed by atoms with Gasteiger partial charge in [-0.1, -0.05) is 97.1 Å². The van der Waals surface area contributed by atoms with E-state index in [-0.39, 0.29) is 48.0 Å². The lowest BCUT2D eigenvalue weighted by Gasteiger charge is -2.40. The largest absolute Gasteiger partial charge is 1.00 e. The van der Waals surface area contributed by atoms with E-state index in [2.05, 4.69) is 95.4 Å². The zero-order valence-electron chi connectivity index (χ0n) is 35.1. The van der Waals surface area contributed by atoms with Crippen LogP contribution in [0.5, 0.6) is 0 Å². The predicted octanol–water partition coefficient (Wildman–Crippen LogP) is -1.63. The molecule has 0 radical (unpaired) electrons. The summed E-state index contributed by atoms with van der Waals surface area (Å²) in [5, 5.41) is 3.62. The molecule has 2 aromatic heterocycles. The molecule has 6 aliphatic rings. The Bertz CT molecular complexity index is 2880. The summed E-state index contributed by atoms with van der Waals surface area (Å²) in [7, 11) is 0.378. The quantitative estimate of drug-likeness (QED) is 0.103. The van der Waals surface area contributed by atoms with E-state index in [9.17, 15) is 0 Å². The number of nitrogens with zero attached hydrogens (tertiary/aromatic N) is 10. The number of ether oxygens (including phenoxy) is 2. The van der Waals surface area contributed by atoms with E-state index in [1.807, 2.05) is 24.3 Å². The van der Waals surface area contributed by atoms with Gasteiger partial charge in [-0.3, -0.25) is 8.47 Å². The standard InChI is InChI=1S/C46H46N10O4Si.2HI/c1-55(19-25-57-26-20-55)23-29-59-61(60-30-24-56(2)21-27-58-28-22-56)53-43-35-15-7-8-16-36(35)45(53)51-41-33-13-5-6-14-34(33)42(48-41)52-46-38-18-10-9-17-37(38)44(54(46)61)50-40-32-12-4-3-11-31(32)39(47-40)49-43;;/h3-18H,19-30H2,1-2H3;2*1H/q+2;;/p-2. The average Bonchev–Trinajstić information content (AvgIpc) is 4.00. The predicted molar refractivity (Wildman–Crippen MR) is 236 cm³/mol. The summed E-state index contributed by atoms with van der Waals surface area (Å²) in [5.41, 5.74) is 4.95. The number of amidine groups is 4. The normalized spacial score (nSPS) is 19.5. The number of hydrogen-bond acceptors (Lipinski definition) is 10. The molecule has 14 nitrogen and oxygen atoms in total. The maximum Gasteiger partial charge on any atom is 0.603 e. The molecule has 0 aliphatic carbocycles. The van der Waals surface area contributed by atoms with Gasteiger partial charge in [0.15, 0.2) is 23.3 Å². The fourth-order valence-electron chi connectivity index (χ4n) is 9.55. The van der Waals surface area contributed by atoms with Crippen molar-refractivity contribution in [3.05, 3.63) is 130 Å². The number of benzene rings is 4. The highest BCUT2D eigenvalue weighted by molar-refractivity contribution is 6.66. The number of rotatable bonds is 8. The number of aromatic nitrogens is 2. The van der Waals surface area contributed by atoms with Gasteiger partial charge < -0.3 is 75.2 Å². The molecular weight excluding hydrogens is 1040 g/mol. The van der Waals surface area contributed by atoms with Crippen LogP contribution in [-0.4, -0.2) is 143 Å². The minimum Gasteiger partial charge on any atom is -1.00 e. The van der Waals surface area contributed by atoms with Crippen molar-refractivity contribution in [1.82, 2.24) is 8.47 Å². The molecule has 0 unspecified atom stereocenters. The second-order valence-electron chi connectivity index (χ2n) is 17.2. The van der Waals surface area contributed by atoms with Crippen molar-refractivity contribution < 1.29 is 75.2 Å². The van der Waals surface area contributed by atoms with Gasteiger partial charge in [-0.15, -0.1) is 0 Å². The first-order valence-corrected chi connectivity index (χ1v) is 23.0. The molecule has 63 heavy (non-hydrogen) atoms. The van der Waals surface area contributed by atoms with Gasteiger partial charge in [0.1, 0.15) is 61.9 Å². The molecule has 0 atom stereocenters. The summed E-state index contributed by atoms with van der Waals surface area (Å²) in [4.78, 5) is 32.7. The molecule has 0 spiro atoms. The summed E-state index contributed by atoms with van der Waals surface area (Å²) in [5.74, 6) is 3.61. The zero-order chi connectivity index (χ0) is 40.8. The van der Waals surface area contributed by atoms with Crippen molar-refractivity contribution in [2.75, 3.05) is 93.0 Å². The second-order valence-corrected chi connectivity index (χ2v) is 19.7. The van der Waals surface area contributed by atoms with Crippen LogP contribution in [0.2, 0.25) is 0 Å². The lowest BCUT2D eigenvalue weighted by atomic mass is 10.1. The fraction of sp³-hybridized carbons (Fsp3) is 0.304. The van der Waals surface area contributed by atoms with Crippen LogP contribution in [0.25, 0.3) is 21.5 Å². The van der Waals surface area contributed by atoms with E-state index in [0.717, 1.165) is 92.0 Å². The maximum absolute atomic E-state index is 7.81. The van der Waals surface area contributed by atoms with Gasteiger partial charge in [0, 0.05) is 43.8 Å². The summed E-state index contributed by atoms with van der Waals surface area (Å²) < 4.78 is 33.3. The smallest absolute Gasteiger partial charge is 0.603 e. The van der Waals surface area contributed by atoms with Crippen molar-refractivity contribution in [3.8, 4) is 0 Å². The Balaban J connectivity index is 0.00000236. The third-order valence-corrected chi connectivity index (χ3v) is 16.4. The molecule has 8 heterocycles. The topological polar surface area (TPSA) is 121 Å². The number of quaternary nitrogens is 2. The number of hydrogen-bond donors (Lipinski definition) is 0. The highest BCUT2D eigenvalue weighted by atomic mass is 127. The lowest BCUT2D eigenvalue weighted by molar-refractivity contribution is -0.917.